The second-order valence-electron chi connectivity index (χ2n) is 5.00. The number of benzene rings is 1. The number of phenolic OH excluding ortho intramolecular Hbond substituents is 1. The number of aromatic hydroxyl groups is 1. The molecule has 0 aromatic heterocycles. The minimum atomic E-state index is -0.814. The first-order valence-electron chi connectivity index (χ1n) is 6.47. The van der Waals surface area contributed by atoms with Crippen LogP contribution in [0.2, 0.25) is 5.02 Å². The van der Waals surface area contributed by atoms with Crippen molar-refractivity contribution in [3.05, 3.63) is 28.8 Å². The Labute approximate surface area is 121 Å². The van der Waals surface area contributed by atoms with Gasteiger partial charge < -0.3 is 15.1 Å². The number of hydrogen-bond acceptors (Lipinski definition) is 3. The molecule has 0 saturated carbocycles. The van der Waals surface area contributed by atoms with Crippen molar-refractivity contribution in [3.63, 3.8) is 0 Å². The average molecular weight is 298 g/mol. The summed E-state index contributed by atoms with van der Waals surface area (Å²) in [7, 11) is 0. The maximum Gasteiger partial charge on any atom is 0.303 e. The summed E-state index contributed by atoms with van der Waals surface area (Å²) < 4.78 is 0. The Morgan fingerprint density at radius 3 is 2.85 bits per heavy atom. The first kappa shape index (κ1) is 14.7. The summed E-state index contributed by atoms with van der Waals surface area (Å²) >= 11 is 5.97. The van der Waals surface area contributed by atoms with Crippen LogP contribution in [0.1, 0.15) is 29.6 Å². The summed E-state index contributed by atoms with van der Waals surface area (Å²) in [6, 6.07) is 4.27. The van der Waals surface area contributed by atoms with E-state index >= 15 is 0 Å². The number of carboxylic acid groups (broad SMARTS) is 1. The Hall–Kier alpha value is -1.75. The number of carboxylic acids is 1. The predicted octanol–water partition coefficient (Wildman–Crippen LogP) is 2.37. The molecule has 1 saturated heterocycles. The zero-order chi connectivity index (χ0) is 14.7. The molecule has 108 valence electrons. The van der Waals surface area contributed by atoms with Gasteiger partial charge in [-0.15, -0.1) is 0 Å². The van der Waals surface area contributed by atoms with Crippen molar-refractivity contribution in [2.45, 2.75) is 19.3 Å². The summed E-state index contributed by atoms with van der Waals surface area (Å²) in [5, 5.41) is 18.4. The van der Waals surface area contributed by atoms with Crippen LogP contribution in [0.4, 0.5) is 0 Å². The Bertz CT molecular complexity index is 532. The lowest BCUT2D eigenvalue weighted by molar-refractivity contribution is -0.137. The summed E-state index contributed by atoms with van der Waals surface area (Å²) in [6.45, 7) is 1.13. The molecule has 1 fully saturated rings. The highest BCUT2D eigenvalue weighted by Crippen LogP contribution is 2.27. The highest BCUT2D eigenvalue weighted by molar-refractivity contribution is 6.33. The number of carbonyl (C=O) groups is 2. The molecule has 0 radical (unpaired) electrons. The number of carbonyl (C=O) groups excluding carboxylic acids is 1. The normalized spacial score (nSPS) is 18.2. The smallest absolute Gasteiger partial charge is 0.303 e. The highest BCUT2D eigenvalue weighted by Gasteiger charge is 2.28. The lowest BCUT2D eigenvalue weighted by Gasteiger charge is -2.17. The molecule has 1 aliphatic heterocycles. The number of aliphatic carboxylic acids is 1. The zero-order valence-corrected chi connectivity index (χ0v) is 11.6. The van der Waals surface area contributed by atoms with Gasteiger partial charge in [-0.1, -0.05) is 11.6 Å². The molecule has 2 N–H and O–H groups in total. The fourth-order valence-corrected chi connectivity index (χ4v) is 2.63. The second-order valence-corrected chi connectivity index (χ2v) is 5.41. The molecular formula is C14H16ClNO4. The maximum atomic E-state index is 12.3. The van der Waals surface area contributed by atoms with E-state index in [0.717, 1.165) is 6.42 Å². The van der Waals surface area contributed by atoms with Crippen LogP contribution in [-0.2, 0) is 4.79 Å². The SMILES string of the molecule is O=C(O)CCC1CCN(C(=O)c2cc(O)ccc2Cl)C1. The van der Waals surface area contributed by atoms with E-state index in [2.05, 4.69) is 0 Å². The number of likely N-dealkylation sites (tertiary alicyclic amines) is 1. The van der Waals surface area contributed by atoms with Crippen molar-refractivity contribution < 1.29 is 19.8 Å². The molecule has 6 heteroatoms. The fraction of sp³-hybridized carbons (Fsp3) is 0.429. The second kappa shape index (κ2) is 6.13. The largest absolute Gasteiger partial charge is 0.508 e. The zero-order valence-electron chi connectivity index (χ0n) is 10.9. The fourth-order valence-electron chi connectivity index (χ4n) is 2.43. The van der Waals surface area contributed by atoms with Crippen molar-refractivity contribution in [3.8, 4) is 5.75 Å². The number of hydrogen-bond donors (Lipinski definition) is 2. The number of rotatable bonds is 4. The molecular weight excluding hydrogens is 282 g/mol. The van der Waals surface area contributed by atoms with Gasteiger partial charge in [0.25, 0.3) is 5.91 Å². The molecule has 1 aliphatic rings. The number of nitrogens with zero attached hydrogens (tertiary/aromatic N) is 1. The van der Waals surface area contributed by atoms with Gasteiger partial charge in [-0.25, -0.2) is 0 Å². The molecule has 5 nitrogen and oxygen atoms in total. The minimum Gasteiger partial charge on any atom is -0.508 e. The van der Waals surface area contributed by atoms with Crippen LogP contribution < -0.4 is 0 Å². The van der Waals surface area contributed by atoms with Crippen LogP contribution in [0.25, 0.3) is 0 Å². The summed E-state index contributed by atoms with van der Waals surface area (Å²) in [5.41, 5.74) is 0.283. The Balaban J connectivity index is 2.00. The summed E-state index contributed by atoms with van der Waals surface area (Å²) in [4.78, 5) is 24.5. The lowest BCUT2D eigenvalue weighted by Crippen LogP contribution is -2.29. The monoisotopic (exact) mass is 297 g/mol. The van der Waals surface area contributed by atoms with Crippen molar-refractivity contribution in [2.75, 3.05) is 13.1 Å². The van der Waals surface area contributed by atoms with Gasteiger partial charge in [-0.2, -0.15) is 0 Å². The van der Waals surface area contributed by atoms with Crippen molar-refractivity contribution in [1.29, 1.82) is 0 Å². The number of phenols is 1. The van der Waals surface area contributed by atoms with Crippen LogP contribution in [0.3, 0.4) is 0 Å². The third kappa shape index (κ3) is 3.42. The van der Waals surface area contributed by atoms with Gasteiger partial charge in [-0.3, -0.25) is 9.59 Å². The Morgan fingerprint density at radius 2 is 2.15 bits per heavy atom. The van der Waals surface area contributed by atoms with E-state index in [-0.39, 0.29) is 29.6 Å². The summed E-state index contributed by atoms with van der Waals surface area (Å²) in [6.07, 6.45) is 1.50. The minimum absolute atomic E-state index is 0.000580. The van der Waals surface area contributed by atoms with Gasteiger partial charge in [0.15, 0.2) is 0 Å². The van der Waals surface area contributed by atoms with Crippen molar-refractivity contribution in [2.24, 2.45) is 5.92 Å². The van der Waals surface area contributed by atoms with Crippen LogP contribution in [0.5, 0.6) is 5.75 Å². The molecule has 1 atom stereocenters. The van der Waals surface area contributed by atoms with Gasteiger partial charge in [0.2, 0.25) is 0 Å². The van der Waals surface area contributed by atoms with Crippen molar-refractivity contribution >= 4 is 23.5 Å². The maximum absolute atomic E-state index is 12.3. The molecule has 1 amide bonds. The van der Waals surface area contributed by atoms with E-state index in [4.69, 9.17) is 16.7 Å². The molecule has 1 unspecified atom stereocenters. The van der Waals surface area contributed by atoms with Crippen LogP contribution in [0.15, 0.2) is 18.2 Å². The molecule has 0 spiro atoms. The third-order valence-corrected chi connectivity index (χ3v) is 3.85. The van der Waals surface area contributed by atoms with E-state index < -0.39 is 5.97 Å². The van der Waals surface area contributed by atoms with Gasteiger partial charge in [0, 0.05) is 19.5 Å². The third-order valence-electron chi connectivity index (χ3n) is 3.52. The van der Waals surface area contributed by atoms with E-state index in [1.165, 1.54) is 18.2 Å². The predicted molar refractivity (Wildman–Crippen MR) is 74.0 cm³/mol. The van der Waals surface area contributed by atoms with Crippen LogP contribution >= 0.6 is 11.6 Å². The topological polar surface area (TPSA) is 77.8 Å². The molecule has 2 rings (SSSR count). The molecule has 1 aromatic carbocycles. The molecule has 1 aromatic rings. The molecule has 0 aliphatic carbocycles. The van der Waals surface area contributed by atoms with Crippen LogP contribution in [0, 0.1) is 5.92 Å². The molecule has 20 heavy (non-hydrogen) atoms. The standard InChI is InChI=1S/C14H16ClNO4/c15-12-3-2-10(17)7-11(12)14(20)16-6-5-9(8-16)1-4-13(18)19/h2-3,7,9,17H,1,4-6,8H2,(H,18,19). The number of amides is 1. The lowest BCUT2D eigenvalue weighted by atomic mass is 10.0. The Kier molecular flexibility index (Phi) is 4.49. The van der Waals surface area contributed by atoms with Gasteiger partial charge in [0.05, 0.1) is 10.6 Å². The van der Waals surface area contributed by atoms with Crippen LogP contribution in [-0.4, -0.2) is 40.1 Å². The quantitative estimate of drug-likeness (QED) is 0.894. The first-order chi connectivity index (χ1) is 9.47. The Morgan fingerprint density at radius 1 is 1.40 bits per heavy atom. The van der Waals surface area contributed by atoms with E-state index in [9.17, 15) is 14.7 Å². The van der Waals surface area contributed by atoms with E-state index in [1.54, 1.807) is 4.90 Å². The molecule has 0 bridgehead atoms. The highest BCUT2D eigenvalue weighted by atomic mass is 35.5. The summed E-state index contributed by atoms with van der Waals surface area (Å²) in [5.74, 6) is -0.819. The number of halogens is 1. The van der Waals surface area contributed by atoms with Gasteiger partial charge in [-0.05, 0) is 37.0 Å². The average Bonchev–Trinajstić information content (AvgIpc) is 2.87. The van der Waals surface area contributed by atoms with E-state index in [0.29, 0.717) is 24.5 Å². The van der Waals surface area contributed by atoms with E-state index in [1.807, 2.05) is 0 Å². The van der Waals surface area contributed by atoms with Gasteiger partial charge >= 0.3 is 5.97 Å². The van der Waals surface area contributed by atoms with Gasteiger partial charge in [0.1, 0.15) is 5.75 Å². The molecule has 1 heterocycles. The first-order valence-corrected chi connectivity index (χ1v) is 6.84. The van der Waals surface area contributed by atoms with Crippen molar-refractivity contribution in [1.82, 2.24) is 4.90 Å².